The maximum Gasteiger partial charge on any atom is 0.0639 e. The van der Waals surface area contributed by atoms with Crippen LogP contribution >= 0.6 is 23.1 Å². The molecule has 1 heterocycles. The van der Waals surface area contributed by atoms with Gasteiger partial charge in [-0.2, -0.15) is 0 Å². The smallest absolute Gasteiger partial charge is 0.0639 e. The van der Waals surface area contributed by atoms with E-state index in [-0.39, 0.29) is 0 Å². The van der Waals surface area contributed by atoms with Gasteiger partial charge in [0.2, 0.25) is 0 Å². The Morgan fingerprint density at radius 2 is 1.59 bits per heavy atom. The number of thiophene rings is 1. The van der Waals surface area contributed by atoms with Crippen LogP contribution in [0.2, 0.25) is 0 Å². The highest BCUT2D eigenvalue weighted by Gasteiger charge is 1.99. The molecule has 0 amide bonds. The molecule has 3 rings (SSSR count). The molecule has 2 aromatic carbocycles. The highest BCUT2D eigenvalue weighted by Crippen LogP contribution is 2.28. The second-order valence-corrected chi connectivity index (χ2v) is 6.65. The number of hydrogen-bond acceptors (Lipinski definition) is 2. The predicted octanol–water partition coefficient (Wildman–Crippen LogP) is 5.93. The normalized spacial score (nSPS) is 10.8. The molecule has 0 bridgehead atoms. The molecule has 0 N–H and O–H groups in total. The molecule has 0 aliphatic heterocycles. The van der Waals surface area contributed by atoms with E-state index >= 15 is 0 Å². The van der Waals surface area contributed by atoms with Gasteiger partial charge in [0.25, 0.3) is 0 Å². The summed E-state index contributed by atoms with van der Waals surface area (Å²) in [5, 5.41) is 2.08. The summed E-state index contributed by atoms with van der Waals surface area (Å²) in [6.07, 6.45) is 2.15. The Hall–Kier alpha value is -2.21. The minimum atomic E-state index is 1.04. The van der Waals surface area contributed by atoms with E-state index in [1.54, 1.807) is 23.1 Å². The summed E-state index contributed by atoms with van der Waals surface area (Å²) in [4.78, 5) is 3.48. The van der Waals surface area contributed by atoms with Crippen molar-refractivity contribution in [1.82, 2.24) is 0 Å². The first-order chi connectivity index (χ1) is 10.9. The summed E-state index contributed by atoms with van der Waals surface area (Å²) in [5.74, 6) is 6.55. The molecule has 0 fully saturated rings. The van der Waals surface area contributed by atoms with E-state index in [1.807, 2.05) is 36.4 Å². The Labute approximate surface area is 139 Å². The minimum absolute atomic E-state index is 1.04. The number of thioether (sulfide) groups is 1. The van der Waals surface area contributed by atoms with Gasteiger partial charge in [0.1, 0.15) is 0 Å². The van der Waals surface area contributed by atoms with Gasteiger partial charge in [-0.05, 0) is 41.8 Å². The van der Waals surface area contributed by atoms with Crippen molar-refractivity contribution in [3.63, 3.8) is 0 Å². The zero-order chi connectivity index (χ0) is 15.0. The fraction of sp³-hybridized carbons (Fsp3) is 0. The minimum Gasteiger partial charge on any atom is -0.144 e. The quantitative estimate of drug-likeness (QED) is 0.426. The summed E-state index contributed by atoms with van der Waals surface area (Å²) in [6, 6.07) is 24.6. The van der Waals surface area contributed by atoms with Gasteiger partial charge in [-0.1, -0.05) is 66.1 Å². The van der Waals surface area contributed by atoms with Gasteiger partial charge in [-0.25, -0.2) is 0 Å². The molecule has 2 heteroatoms. The molecule has 0 saturated heterocycles. The summed E-state index contributed by atoms with van der Waals surface area (Å²) < 4.78 is 0. The second kappa shape index (κ2) is 7.70. The summed E-state index contributed by atoms with van der Waals surface area (Å²) in [7, 11) is 0. The van der Waals surface area contributed by atoms with Gasteiger partial charge < -0.3 is 0 Å². The molecule has 22 heavy (non-hydrogen) atoms. The molecule has 0 spiro atoms. The fourth-order valence-electron chi connectivity index (χ4n) is 1.86. The van der Waals surface area contributed by atoms with Crippen LogP contribution in [-0.2, 0) is 0 Å². The first-order valence-corrected chi connectivity index (χ1v) is 8.65. The molecule has 3 aromatic rings. The molecule has 0 aliphatic rings. The van der Waals surface area contributed by atoms with E-state index in [4.69, 9.17) is 0 Å². The van der Waals surface area contributed by atoms with Crippen LogP contribution in [0.1, 0.15) is 10.4 Å². The summed E-state index contributed by atoms with van der Waals surface area (Å²) in [5.41, 5.74) is 1.04. The molecule has 0 radical (unpaired) electrons. The van der Waals surface area contributed by atoms with E-state index in [1.165, 1.54) is 9.77 Å². The molecule has 0 atom stereocenters. The number of allylic oxidation sites excluding steroid dienone is 1. The lowest BCUT2D eigenvalue weighted by atomic mass is 10.2. The van der Waals surface area contributed by atoms with Crippen molar-refractivity contribution >= 4 is 29.2 Å². The lowest BCUT2D eigenvalue weighted by molar-refractivity contribution is 1.47. The largest absolute Gasteiger partial charge is 0.144 e. The average Bonchev–Trinajstić information content (AvgIpc) is 3.08. The van der Waals surface area contributed by atoms with Crippen LogP contribution < -0.4 is 0 Å². The Balaban J connectivity index is 1.88. The SMILES string of the molecule is C(#Cc1ccccc1)/C(=C/c1cccs1)Sc1ccccc1. The number of hydrogen-bond donors (Lipinski definition) is 0. The monoisotopic (exact) mass is 318 g/mol. The van der Waals surface area contributed by atoms with Crippen LogP contribution in [0.25, 0.3) is 6.08 Å². The molecule has 0 nitrogen and oxygen atoms in total. The highest BCUT2D eigenvalue weighted by atomic mass is 32.2. The van der Waals surface area contributed by atoms with Gasteiger partial charge in [0.15, 0.2) is 0 Å². The fourth-order valence-corrected chi connectivity index (χ4v) is 3.43. The summed E-state index contributed by atoms with van der Waals surface area (Å²) in [6.45, 7) is 0. The second-order valence-electron chi connectivity index (χ2n) is 4.56. The zero-order valence-corrected chi connectivity index (χ0v) is 13.5. The van der Waals surface area contributed by atoms with E-state index in [2.05, 4.69) is 59.7 Å². The van der Waals surface area contributed by atoms with Gasteiger partial charge >= 0.3 is 0 Å². The average molecular weight is 318 g/mol. The summed E-state index contributed by atoms with van der Waals surface area (Å²) >= 11 is 3.43. The van der Waals surface area contributed by atoms with Gasteiger partial charge in [0, 0.05) is 15.3 Å². The molecular formula is C20H14S2. The van der Waals surface area contributed by atoms with Crippen LogP contribution in [0.4, 0.5) is 0 Å². The van der Waals surface area contributed by atoms with Crippen molar-refractivity contribution in [3.8, 4) is 11.8 Å². The predicted molar refractivity (Wildman–Crippen MR) is 97.9 cm³/mol. The van der Waals surface area contributed by atoms with E-state index in [0.29, 0.717) is 0 Å². The van der Waals surface area contributed by atoms with E-state index < -0.39 is 0 Å². The Morgan fingerprint density at radius 3 is 2.27 bits per heavy atom. The third kappa shape index (κ3) is 4.39. The molecular weight excluding hydrogens is 304 g/mol. The Morgan fingerprint density at radius 1 is 0.864 bits per heavy atom. The van der Waals surface area contributed by atoms with Gasteiger partial charge in [-0.15, -0.1) is 11.3 Å². The third-order valence-corrected chi connectivity index (χ3v) is 4.66. The van der Waals surface area contributed by atoms with E-state index in [9.17, 15) is 0 Å². The third-order valence-electron chi connectivity index (χ3n) is 2.89. The van der Waals surface area contributed by atoms with Crippen molar-refractivity contribution in [3.05, 3.63) is 93.5 Å². The van der Waals surface area contributed by atoms with Crippen LogP contribution in [0.5, 0.6) is 0 Å². The van der Waals surface area contributed by atoms with Crippen molar-refractivity contribution in [2.24, 2.45) is 0 Å². The standard InChI is InChI=1S/C20H14S2/c1-3-8-17(9-4-1)13-14-20(16-19-12-7-15-21-19)22-18-10-5-2-6-11-18/h1-12,15-16H/b20-16-. The number of benzene rings is 2. The van der Waals surface area contributed by atoms with E-state index in [0.717, 1.165) is 10.5 Å². The Kier molecular flexibility index (Phi) is 5.15. The van der Waals surface area contributed by atoms with Crippen molar-refractivity contribution in [2.45, 2.75) is 4.90 Å². The molecule has 0 saturated carbocycles. The van der Waals surface area contributed by atoms with Crippen LogP contribution in [0, 0.1) is 11.8 Å². The zero-order valence-electron chi connectivity index (χ0n) is 11.9. The van der Waals surface area contributed by atoms with Crippen molar-refractivity contribution in [1.29, 1.82) is 0 Å². The van der Waals surface area contributed by atoms with Crippen LogP contribution in [0.15, 0.2) is 88.0 Å². The van der Waals surface area contributed by atoms with Gasteiger partial charge in [-0.3, -0.25) is 0 Å². The molecule has 0 aliphatic carbocycles. The van der Waals surface area contributed by atoms with Crippen LogP contribution in [0.3, 0.4) is 0 Å². The molecule has 0 unspecified atom stereocenters. The number of rotatable bonds is 3. The molecule has 1 aromatic heterocycles. The first-order valence-electron chi connectivity index (χ1n) is 6.95. The maximum atomic E-state index is 3.30. The highest BCUT2D eigenvalue weighted by molar-refractivity contribution is 8.03. The van der Waals surface area contributed by atoms with Gasteiger partial charge in [0.05, 0.1) is 4.91 Å². The first kappa shape index (κ1) is 14.7. The van der Waals surface area contributed by atoms with Crippen molar-refractivity contribution in [2.75, 3.05) is 0 Å². The lowest BCUT2D eigenvalue weighted by Crippen LogP contribution is -1.76. The van der Waals surface area contributed by atoms with Crippen LogP contribution in [-0.4, -0.2) is 0 Å². The topological polar surface area (TPSA) is 0 Å². The maximum absolute atomic E-state index is 3.30. The molecule has 106 valence electrons. The Bertz CT molecular complexity index is 789. The lowest BCUT2D eigenvalue weighted by Gasteiger charge is -2.00. The van der Waals surface area contributed by atoms with Crippen molar-refractivity contribution < 1.29 is 0 Å².